The lowest BCUT2D eigenvalue weighted by molar-refractivity contribution is 0.258. The smallest absolute Gasteiger partial charge is 0.0311 e. The molecule has 0 saturated heterocycles. The molecule has 7 heavy (non-hydrogen) atoms. The summed E-state index contributed by atoms with van der Waals surface area (Å²) in [6.07, 6.45) is 3.82. The van der Waals surface area contributed by atoms with Gasteiger partial charge in [0.1, 0.15) is 0 Å². The number of thiol groups is 1. The van der Waals surface area contributed by atoms with Gasteiger partial charge in [0.25, 0.3) is 0 Å². The van der Waals surface area contributed by atoms with Crippen molar-refractivity contribution in [1.29, 1.82) is 0 Å². The standard InChI is InChI=1S/C4H7NOS/c6-5-7-3-1-2-4-7/h1-7H. The Morgan fingerprint density at radius 3 is 2.14 bits per heavy atom. The van der Waals surface area contributed by atoms with Crippen molar-refractivity contribution in [3.63, 3.8) is 0 Å². The second-order valence-electron chi connectivity index (χ2n) is 1.19. The van der Waals surface area contributed by atoms with Gasteiger partial charge in [0.15, 0.2) is 0 Å². The van der Waals surface area contributed by atoms with Crippen LogP contribution < -0.4 is 4.89 Å². The fraction of sp³-hybridized carbons (Fsp3) is 0. The molecule has 0 bridgehead atoms. The minimum atomic E-state index is -0.498. The molecule has 1 heterocycles. The van der Waals surface area contributed by atoms with Crippen LogP contribution in [0.1, 0.15) is 0 Å². The van der Waals surface area contributed by atoms with E-state index in [-0.39, 0.29) is 0 Å². The quantitative estimate of drug-likeness (QED) is 0.352. The number of rotatable bonds is 1. The average molecular weight is 117 g/mol. The Morgan fingerprint density at radius 2 is 1.86 bits per heavy atom. The van der Waals surface area contributed by atoms with Gasteiger partial charge in [0.05, 0.1) is 0 Å². The molecule has 0 aromatic heterocycles. The molecule has 0 aromatic carbocycles. The molecule has 0 amide bonds. The van der Waals surface area contributed by atoms with Gasteiger partial charge in [-0.3, -0.25) is 0 Å². The highest BCUT2D eigenvalue weighted by atomic mass is 32.2. The molecule has 0 aliphatic carbocycles. The first kappa shape index (κ1) is 4.90. The highest BCUT2D eigenvalue weighted by Crippen LogP contribution is 2.26. The lowest BCUT2D eigenvalue weighted by Gasteiger charge is -2.02. The van der Waals surface area contributed by atoms with E-state index in [4.69, 9.17) is 5.21 Å². The summed E-state index contributed by atoms with van der Waals surface area (Å²) in [5.41, 5.74) is 0. The molecule has 1 aliphatic rings. The van der Waals surface area contributed by atoms with Crippen molar-refractivity contribution in [1.82, 2.24) is 4.89 Å². The van der Waals surface area contributed by atoms with Crippen LogP contribution in [-0.4, -0.2) is 5.21 Å². The monoisotopic (exact) mass is 117 g/mol. The van der Waals surface area contributed by atoms with Gasteiger partial charge >= 0.3 is 0 Å². The molecule has 3 heteroatoms. The lowest BCUT2D eigenvalue weighted by Crippen LogP contribution is -1.95. The van der Waals surface area contributed by atoms with E-state index in [1.807, 2.05) is 23.0 Å². The van der Waals surface area contributed by atoms with Gasteiger partial charge < -0.3 is 5.21 Å². The topological polar surface area (TPSA) is 32.3 Å². The normalized spacial score (nSPS) is 21.6. The van der Waals surface area contributed by atoms with E-state index < -0.39 is 11.1 Å². The fourth-order valence-corrected chi connectivity index (χ4v) is 1.20. The lowest BCUT2D eigenvalue weighted by atomic mass is 10.6. The Bertz CT molecular complexity index is 98.3. The van der Waals surface area contributed by atoms with Crippen LogP contribution in [0.2, 0.25) is 0 Å². The Hall–Kier alpha value is -0.250. The summed E-state index contributed by atoms with van der Waals surface area (Å²) in [7, 11) is 0. The minimum absolute atomic E-state index is 0.498. The Morgan fingerprint density at radius 1 is 1.29 bits per heavy atom. The van der Waals surface area contributed by atoms with E-state index >= 15 is 0 Å². The molecule has 1 rings (SSSR count). The van der Waals surface area contributed by atoms with E-state index in [1.165, 1.54) is 0 Å². The summed E-state index contributed by atoms with van der Waals surface area (Å²) in [6, 6.07) is 0. The Kier molecular flexibility index (Phi) is 1.51. The number of hydrogen-bond acceptors (Lipinski definition) is 2. The van der Waals surface area contributed by atoms with E-state index in [9.17, 15) is 0 Å². The van der Waals surface area contributed by atoms with Gasteiger partial charge in [-0.05, 0) is 10.8 Å². The number of hydrogen-bond donors (Lipinski definition) is 3. The van der Waals surface area contributed by atoms with E-state index in [2.05, 4.69) is 4.89 Å². The third kappa shape index (κ3) is 1.06. The van der Waals surface area contributed by atoms with E-state index in [0.717, 1.165) is 0 Å². The fourth-order valence-electron chi connectivity index (χ4n) is 0.401. The molecular formula is C4H7NOS. The van der Waals surface area contributed by atoms with E-state index in [1.54, 1.807) is 0 Å². The van der Waals surface area contributed by atoms with Crippen molar-refractivity contribution >= 4 is 11.1 Å². The highest BCUT2D eigenvalue weighted by Gasteiger charge is 1.91. The predicted octanol–water partition coefficient (Wildman–Crippen LogP) is 0.922. The first-order valence-electron chi connectivity index (χ1n) is 1.96. The van der Waals surface area contributed by atoms with Crippen molar-refractivity contribution in [3.05, 3.63) is 23.0 Å². The van der Waals surface area contributed by atoms with Crippen molar-refractivity contribution in [2.75, 3.05) is 0 Å². The summed E-state index contributed by atoms with van der Waals surface area (Å²) < 4.78 is 0. The number of allylic oxidation sites excluding steroid dienone is 2. The maximum Gasteiger partial charge on any atom is -0.0311 e. The molecule has 0 aromatic rings. The summed E-state index contributed by atoms with van der Waals surface area (Å²) >= 11 is -0.498. The molecule has 0 unspecified atom stereocenters. The third-order valence-corrected chi connectivity index (χ3v) is 1.94. The SMILES string of the molecule is ON[SH]1C=CC=C1. The maximum atomic E-state index is 8.24. The molecule has 40 valence electrons. The van der Waals surface area contributed by atoms with Crippen molar-refractivity contribution in [2.45, 2.75) is 0 Å². The Labute approximate surface area is 45.0 Å². The van der Waals surface area contributed by atoms with Crippen LogP contribution in [0, 0.1) is 0 Å². The zero-order chi connectivity index (χ0) is 5.11. The maximum absolute atomic E-state index is 8.24. The first-order valence-corrected chi connectivity index (χ1v) is 3.44. The van der Waals surface area contributed by atoms with Crippen LogP contribution in [0.25, 0.3) is 0 Å². The minimum Gasteiger partial charge on any atom is -0.307 e. The van der Waals surface area contributed by atoms with E-state index in [0.29, 0.717) is 0 Å². The summed E-state index contributed by atoms with van der Waals surface area (Å²) in [5, 5.41) is 12.1. The molecule has 0 atom stereocenters. The average Bonchev–Trinajstić information content (AvgIpc) is 2.14. The molecule has 2 nitrogen and oxygen atoms in total. The van der Waals surface area contributed by atoms with Crippen LogP contribution in [0.5, 0.6) is 0 Å². The largest absolute Gasteiger partial charge is 0.307 e. The zero-order valence-electron chi connectivity index (χ0n) is 3.70. The zero-order valence-corrected chi connectivity index (χ0v) is 4.60. The van der Waals surface area contributed by atoms with Crippen LogP contribution in [0.3, 0.4) is 0 Å². The summed E-state index contributed by atoms with van der Waals surface area (Å²) in [6.45, 7) is 0. The predicted molar refractivity (Wildman–Crippen MR) is 32.2 cm³/mol. The molecule has 2 N–H and O–H groups in total. The molecule has 0 fully saturated rings. The van der Waals surface area contributed by atoms with Crippen LogP contribution in [-0.2, 0) is 0 Å². The van der Waals surface area contributed by atoms with Gasteiger partial charge in [-0.25, -0.2) is 0 Å². The highest BCUT2D eigenvalue weighted by molar-refractivity contribution is 8.20. The summed E-state index contributed by atoms with van der Waals surface area (Å²) in [5.74, 6) is 0. The van der Waals surface area contributed by atoms with Crippen LogP contribution in [0.4, 0.5) is 0 Å². The molecular weight excluding hydrogens is 110 g/mol. The van der Waals surface area contributed by atoms with Gasteiger partial charge in [-0.15, -0.1) is 11.1 Å². The third-order valence-electron chi connectivity index (χ3n) is 0.720. The van der Waals surface area contributed by atoms with Gasteiger partial charge in [0, 0.05) is 0 Å². The molecule has 0 saturated carbocycles. The van der Waals surface area contributed by atoms with Crippen molar-refractivity contribution in [2.24, 2.45) is 0 Å². The van der Waals surface area contributed by atoms with Crippen LogP contribution >= 0.6 is 11.1 Å². The molecule has 0 spiro atoms. The van der Waals surface area contributed by atoms with Crippen LogP contribution in [0.15, 0.2) is 23.0 Å². The second kappa shape index (κ2) is 2.16. The van der Waals surface area contributed by atoms with Gasteiger partial charge in [-0.2, -0.15) is 4.89 Å². The first-order chi connectivity index (χ1) is 3.43. The van der Waals surface area contributed by atoms with Crippen molar-refractivity contribution in [3.8, 4) is 0 Å². The Balaban J connectivity index is 2.44. The molecule has 1 aliphatic heterocycles. The van der Waals surface area contributed by atoms with Crippen molar-refractivity contribution < 1.29 is 5.21 Å². The second-order valence-corrected chi connectivity index (χ2v) is 2.80. The molecule has 0 radical (unpaired) electrons. The van der Waals surface area contributed by atoms with Gasteiger partial charge in [-0.1, -0.05) is 12.2 Å². The van der Waals surface area contributed by atoms with Gasteiger partial charge in [0.2, 0.25) is 0 Å². The summed E-state index contributed by atoms with van der Waals surface area (Å²) in [4.78, 5) is 2.16. The number of nitrogens with one attached hydrogen (secondary N) is 1.